The number of carbonyl (C=O) groups excluding carboxylic acids is 1. The van der Waals surface area contributed by atoms with Gasteiger partial charge in [0.1, 0.15) is 5.75 Å². The van der Waals surface area contributed by atoms with Crippen LogP contribution in [0, 0.1) is 6.92 Å². The fourth-order valence-corrected chi connectivity index (χ4v) is 1.62. The summed E-state index contributed by atoms with van der Waals surface area (Å²) >= 11 is 0. The number of rotatable bonds is 7. The SMILES string of the molecule is CCOc1cc(C)ccc1NC(=O)CCCC(=O)O. The number of carbonyl (C=O) groups is 2. The molecule has 5 nitrogen and oxygen atoms in total. The van der Waals surface area contributed by atoms with E-state index in [9.17, 15) is 9.59 Å². The van der Waals surface area contributed by atoms with E-state index in [2.05, 4.69) is 5.32 Å². The van der Waals surface area contributed by atoms with Crippen molar-refractivity contribution in [2.24, 2.45) is 0 Å². The number of ether oxygens (including phenoxy) is 1. The molecule has 0 bridgehead atoms. The van der Waals surface area contributed by atoms with E-state index < -0.39 is 5.97 Å². The maximum Gasteiger partial charge on any atom is 0.303 e. The smallest absolute Gasteiger partial charge is 0.303 e. The van der Waals surface area contributed by atoms with Crippen LogP contribution in [0.2, 0.25) is 0 Å². The number of anilines is 1. The molecule has 0 fully saturated rings. The van der Waals surface area contributed by atoms with Crippen LogP contribution in [0.15, 0.2) is 18.2 Å². The Labute approximate surface area is 112 Å². The van der Waals surface area contributed by atoms with Gasteiger partial charge in [-0.1, -0.05) is 6.07 Å². The van der Waals surface area contributed by atoms with Gasteiger partial charge in [-0.2, -0.15) is 0 Å². The molecule has 0 saturated carbocycles. The van der Waals surface area contributed by atoms with Gasteiger partial charge < -0.3 is 15.2 Å². The molecular weight excluding hydrogens is 246 g/mol. The molecule has 0 aliphatic carbocycles. The Morgan fingerprint density at radius 2 is 2.05 bits per heavy atom. The zero-order valence-corrected chi connectivity index (χ0v) is 11.2. The van der Waals surface area contributed by atoms with Gasteiger partial charge in [-0.25, -0.2) is 0 Å². The van der Waals surface area contributed by atoms with E-state index in [0.29, 0.717) is 24.5 Å². The van der Waals surface area contributed by atoms with Crippen molar-refractivity contribution in [3.05, 3.63) is 23.8 Å². The summed E-state index contributed by atoms with van der Waals surface area (Å²) in [5.74, 6) is -0.460. The number of aryl methyl sites for hydroxylation is 1. The van der Waals surface area contributed by atoms with Crippen molar-refractivity contribution in [2.45, 2.75) is 33.1 Å². The number of benzene rings is 1. The van der Waals surface area contributed by atoms with Crippen molar-refractivity contribution < 1.29 is 19.4 Å². The first kappa shape index (κ1) is 15.0. The lowest BCUT2D eigenvalue weighted by atomic mass is 10.2. The second kappa shape index (κ2) is 7.41. The first-order valence-electron chi connectivity index (χ1n) is 6.28. The van der Waals surface area contributed by atoms with Crippen LogP contribution in [0.5, 0.6) is 5.75 Å². The number of carboxylic acids is 1. The molecule has 0 atom stereocenters. The zero-order chi connectivity index (χ0) is 14.3. The third kappa shape index (κ3) is 5.42. The van der Waals surface area contributed by atoms with E-state index in [-0.39, 0.29) is 18.7 Å². The molecule has 5 heteroatoms. The number of nitrogens with one attached hydrogen (secondary N) is 1. The summed E-state index contributed by atoms with van der Waals surface area (Å²) in [7, 11) is 0. The van der Waals surface area contributed by atoms with Crippen LogP contribution >= 0.6 is 0 Å². The Kier molecular flexibility index (Phi) is 5.85. The predicted molar refractivity (Wildman–Crippen MR) is 72.5 cm³/mol. The first-order chi connectivity index (χ1) is 9.02. The molecule has 0 aliphatic rings. The van der Waals surface area contributed by atoms with E-state index in [1.165, 1.54) is 0 Å². The molecule has 1 rings (SSSR count). The van der Waals surface area contributed by atoms with Crippen molar-refractivity contribution in [2.75, 3.05) is 11.9 Å². The predicted octanol–water partition coefficient (Wildman–Crippen LogP) is 2.59. The van der Waals surface area contributed by atoms with Crippen molar-refractivity contribution >= 4 is 17.6 Å². The minimum Gasteiger partial charge on any atom is -0.492 e. The van der Waals surface area contributed by atoms with Crippen LogP contribution in [0.25, 0.3) is 0 Å². The van der Waals surface area contributed by atoms with E-state index in [1.54, 1.807) is 6.07 Å². The normalized spacial score (nSPS) is 10.0. The Morgan fingerprint density at radius 1 is 1.32 bits per heavy atom. The average molecular weight is 265 g/mol. The molecule has 0 saturated heterocycles. The minimum absolute atomic E-state index is 0.000362. The van der Waals surface area contributed by atoms with Crippen LogP contribution in [-0.2, 0) is 9.59 Å². The number of amides is 1. The standard InChI is InChI=1S/C14H19NO4/c1-3-19-12-9-10(2)7-8-11(12)15-13(16)5-4-6-14(17)18/h7-9H,3-6H2,1-2H3,(H,15,16)(H,17,18). The van der Waals surface area contributed by atoms with E-state index in [1.807, 2.05) is 26.0 Å². The largest absolute Gasteiger partial charge is 0.492 e. The van der Waals surface area contributed by atoms with Gasteiger partial charge in [0.05, 0.1) is 12.3 Å². The van der Waals surface area contributed by atoms with Crippen molar-refractivity contribution in [3.63, 3.8) is 0 Å². The van der Waals surface area contributed by atoms with Gasteiger partial charge >= 0.3 is 5.97 Å². The monoisotopic (exact) mass is 265 g/mol. The summed E-state index contributed by atoms with van der Waals surface area (Å²) in [5, 5.41) is 11.2. The van der Waals surface area contributed by atoms with Gasteiger partial charge in [0.25, 0.3) is 0 Å². The van der Waals surface area contributed by atoms with Crippen molar-refractivity contribution in [1.29, 1.82) is 0 Å². The highest BCUT2D eigenvalue weighted by atomic mass is 16.5. The van der Waals surface area contributed by atoms with Gasteiger partial charge in [-0.05, 0) is 38.0 Å². The Bertz CT molecular complexity index is 457. The lowest BCUT2D eigenvalue weighted by Gasteiger charge is -2.12. The number of aliphatic carboxylic acids is 1. The molecule has 0 spiro atoms. The maximum absolute atomic E-state index is 11.7. The lowest BCUT2D eigenvalue weighted by molar-refractivity contribution is -0.137. The van der Waals surface area contributed by atoms with Crippen molar-refractivity contribution in [1.82, 2.24) is 0 Å². The maximum atomic E-state index is 11.7. The molecule has 1 amide bonds. The summed E-state index contributed by atoms with van der Waals surface area (Å²) < 4.78 is 5.45. The van der Waals surface area contributed by atoms with Crippen molar-refractivity contribution in [3.8, 4) is 5.75 Å². The molecule has 0 radical (unpaired) electrons. The Morgan fingerprint density at radius 3 is 2.68 bits per heavy atom. The Hall–Kier alpha value is -2.04. The van der Waals surface area contributed by atoms with Gasteiger partial charge in [-0.15, -0.1) is 0 Å². The molecule has 1 aromatic carbocycles. The molecule has 0 aliphatic heterocycles. The molecule has 19 heavy (non-hydrogen) atoms. The van der Waals surface area contributed by atoms with Crippen LogP contribution in [-0.4, -0.2) is 23.6 Å². The average Bonchev–Trinajstić information content (AvgIpc) is 2.32. The zero-order valence-electron chi connectivity index (χ0n) is 11.2. The number of carboxylic acid groups (broad SMARTS) is 1. The summed E-state index contributed by atoms with van der Waals surface area (Å²) in [6.07, 6.45) is 0.516. The lowest BCUT2D eigenvalue weighted by Crippen LogP contribution is -2.13. The van der Waals surface area contributed by atoms with Gasteiger partial charge in [0.2, 0.25) is 5.91 Å². The van der Waals surface area contributed by atoms with Crippen LogP contribution < -0.4 is 10.1 Å². The highest BCUT2D eigenvalue weighted by Gasteiger charge is 2.08. The first-order valence-corrected chi connectivity index (χ1v) is 6.28. The number of hydrogen-bond acceptors (Lipinski definition) is 3. The molecule has 2 N–H and O–H groups in total. The topological polar surface area (TPSA) is 75.6 Å². The molecular formula is C14H19NO4. The molecule has 1 aromatic rings. The van der Waals surface area contributed by atoms with Gasteiger partial charge in [0, 0.05) is 12.8 Å². The van der Waals surface area contributed by atoms with Crippen LogP contribution in [0.3, 0.4) is 0 Å². The molecule has 0 heterocycles. The molecule has 0 aromatic heterocycles. The van der Waals surface area contributed by atoms with Gasteiger partial charge in [-0.3, -0.25) is 9.59 Å². The second-order valence-electron chi connectivity index (χ2n) is 4.23. The Balaban J connectivity index is 2.60. The quantitative estimate of drug-likeness (QED) is 0.794. The molecule has 104 valence electrons. The van der Waals surface area contributed by atoms with Crippen LogP contribution in [0.4, 0.5) is 5.69 Å². The highest BCUT2D eigenvalue weighted by molar-refractivity contribution is 5.92. The fourth-order valence-electron chi connectivity index (χ4n) is 1.62. The highest BCUT2D eigenvalue weighted by Crippen LogP contribution is 2.25. The summed E-state index contributed by atoms with van der Waals surface area (Å²) in [5.41, 5.74) is 1.67. The third-order valence-electron chi connectivity index (χ3n) is 2.51. The molecule has 0 unspecified atom stereocenters. The second-order valence-corrected chi connectivity index (χ2v) is 4.23. The fraction of sp³-hybridized carbons (Fsp3) is 0.429. The summed E-state index contributed by atoms with van der Waals surface area (Å²) in [6, 6.07) is 5.53. The summed E-state index contributed by atoms with van der Waals surface area (Å²) in [6.45, 7) is 4.34. The van der Waals surface area contributed by atoms with Crippen LogP contribution in [0.1, 0.15) is 31.7 Å². The third-order valence-corrected chi connectivity index (χ3v) is 2.51. The van der Waals surface area contributed by atoms with E-state index in [0.717, 1.165) is 5.56 Å². The van der Waals surface area contributed by atoms with E-state index in [4.69, 9.17) is 9.84 Å². The van der Waals surface area contributed by atoms with Gasteiger partial charge in [0.15, 0.2) is 0 Å². The summed E-state index contributed by atoms with van der Waals surface area (Å²) in [4.78, 5) is 22.0. The minimum atomic E-state index is -0.891. The van der Waals surface area contributed by atoms with E-state index >= 15 is 0 Å². The number of hydrogen-bond donors (Lipinski definition) is 2.